The third-order valence-electron chi connectivity index (χ3n) is 18.1. The maximum Gasteiger partial charge on any atom is 0.416 e. The molecule has 6 atom stereocenters. The summed E-state index contributed by atoms with van der Waals surface area (Å²) in [7, 11) is 6.23. The SMILES string of the molecule is C=C1C[C@H]2CN(C1)C(=O)c1cc(OC)c(OCCCCCOc3cc4c(cc3OC)C(=O)N3CC(=C)CC3C(O)N4C(=O)OCc3ccc(SSC(C)(C)C)cc3)cc1N(C(=O)OCc1ccc(NC(=O)[C@H](CCCNC(N)=O)NC(=O)[C@@H](NC(=O)CCCCCN3C(=O)C=CC3=O)C(C)C)cc1)C2O. The van der Waals surface area contributed by atoms with Gasteiger partial charge in [-0.2, -0.15) is 0 Å². The van der Waals surface area contributed by atoms with Gasteiger partial charge in [-0.05, 0) is 111 Å². The molecule has 0 aromatic heterocycles. The first kappa shape index (κ1) is 79.3. The molecule has 4 aromatic rings. The lowest BCUT2D eigenvalue weighted by Crippen LogP contribution is -2.54. The van der Waals surface area contributed by atoms with Gasteiger partial charge in [-0.15, -0.1) is 0 Å². The highest BCUT2D eigenvalue weighted by atomic mass is 33.1. The number of piperidine rings is 1. The summed E-state index contributed by atoms with van der Waals surface area (Å²) < 4.78 is 35.9. The number of ether oxygens (including phenoxy) is 6. The van der Waals surface area contributed by atoms with Gasteiger partial charge in [-0.3, -0.25) is 43.4 Å². The van der Waals surface area contributed by atoms with Crippen LogP contribution in [0.4, 0.5) is 31.4 Å². The number of nitrogens with one attached hydrogen (secondary N) is 4. The van der Waals surface area contributed by atoms with Gasteiger partial charge >= 0.3 is 18.2 Å². The molecular formula is C75H94N10O18S2. The minimum atomic E-state index is -1.51. The van der Waals surface area contributed by atoms with Crippen LogP contribution in [0.5, 0.6) is 23.0 Å². The van der Waals surface area contributed by atoms with Gasteiger partial charge in [-0.25, -0.2) is 19.3 Å². The van der Waals surface area contributed by atoms with E-state index in [1.165, 1.54) is 55.5 Å². The van der Waals surface area contributed by atoms with Gasteiger partial charge < -0.3 is 75.4 Å². The lowest BCUT2D eigenvalue weighted by atomic mass is 9.90. The fraction of sp³-hybridized carbons (Fsp3) is 0.467. The lowest BCUT2D eigenvalue weighted by molar-refractivity contribution is -0.137. The van der Waals surface area contributed by atoms with Gasteiger partial charge in [0.25, 0.3) is 23.6 Å². The number of methoxy groups -OCH3 is 2. The number of carbonyl (C=O) groups excluding carboxylic acids is 10. The number of hydrogen-bond donors (Lipinski definition) is 7. The van der Waals surface area contributed by atoms with Crippen molar-refractivity contribution in [1.29, 1.82) is 0 Å². The first-order valence-corrected chi connectivity index (χ1v) is 37.2. The van der Waals surface area contributed by atoms with Crippen molar-refractivity contribution in [2.45, 2.75) is 159 Å². The van der Waals surface area contributed by atoms with Crippen molar-refractivity contribution in [3.63, 3.8) is 0 Å². The van der Waals surface area contributed by atoms with Crippen LogP contribution in [0.25, 0.3) is 0 Å². The zero-order valence-electron chi connectivity index (χ0n) is 60.2. The average molecular weight is 1490 g/mol. The molecule has 2 bridgehead atoms. The van der Waals surface area contributed by atoms with E-state index in [-0.39, 0.29) is 147 Å². The van der Waals surface area contributed by atoms with E-state index in [4.69, 9.17) is 34.2 Å². The van der Waals surface area contributed by atoms with Crippen molar-refractivity contribution < 1.29 is 86.6 Å². The summed E-state index contributed by atoms with van der Waals surface area (Å²) in [6, 6.07) is 16.2. The smallest absolute Gasteiger partial charge is 0.416 e. The molecule has 8 N–H and O–H groups in total. The molecule has 564 valence electrons. The Kier molecular flexibility index (Phi) is 27.4. The number of fused-ring (bicyclic) bond motifs is 5. The number of nitrogens with zero attached hydrogens (tertiary/aromatic N) is 5. The monoisotopic (exact) mass is 1490 g/mol. The Morgan fingerprint density at radius 3 is 1.80 bits per heavy atom. The van der Waals surface area contributed by atoms with Gasteiger partial charge in [0.2, 0.25) is 17.7 Å². The summed E-state index contributed by atoms with van der Waals surface area (Å²) in [5.74, 6) is -3.52. The van der Waals surface area contributed by atoms with Crippen LogP contribution in [0.1, 0.15) is 137 Å². The largest absolute Gasteiger partial charge is 0.493 e. The Morgan fingerprint density at radius 2 is 1.23 bits per heavy atom. The summed E-state index contributed by atoms with van der Waals surface area (Å²) in [6.07, 6.45) is 1.51. The van der Waals surface area contributed by atoms with Crippen molar-refractivity contribution in [3.8, 4) is 23.0 Å². The molecule has 2 fully saturated rings. The van der Waals surface area contributed by atoms with Gasteiger partial charge in [0.05, 0.1) is 56.0 Å². The van der Waals surface area contributed by atoms with E-state index < -0.39 is 90.2 Å². The first-order valence-electron chi connectivity index (χ1n) is 35.0. The molecule has 30 heteroatoms. The molecule has 2 saturated heterocycles. The van der Waals surface area contributed by atoms with Crippen LogP contribution < -0.4 is 55.7 Å². The normalized spacial score (nSPS) is 18.3. The number of unbranched alkanes of at least 4 members (excludes halogenated alkanes) is 4. The Morgan fingerprint density at radius 1 is 0.667 bits per heavy atom. The second-order valence-electron chi connectivity index (χ2n) is 27.7. The van der Waals surface area contributed by atoms with Crippen LogP contribution in [-0.2, 0) is 46.7 Å². The summed E-state index contributed by atoms with van der Waals surface area (Å²) in [5.41, 5.74) is 8.39. The van der Waals surface area contributed by atoms with E-state index in [9.17, 15) is 58.2 Å². The molecule has 105 heavy (non-hydrogen) atoms. The number of anilines is 3. The second-order valence-corrected chi connectivity index (χ2v) is 30.7. The van der Waals surface area contributed by atoms with Crippen molar-refractivity contribution in [2.24, 2.45) is 17.6 Å². The predicted molar refractivity (Wildman–Crippen MR) is 394 cm³/mol. The standard InChI is InChI=1S/C75H94N10O18S2/c1-44(2)65(80-62(86)18-12-10-13-30-82-63(87)27-28-64(82)88)67(90)79-54(17-16-29-77-72(76)95)66(89)78-50-23-19-47(20-24-50)42-102-73(96)84-55-37-60(58(98-8)35-52(55)69(92)81-39-45(3)33-49(41-81)68(84)91)100-31-14-11-15-32-101-61-38-56-53(36-59(61)99-9)70(93)83-40-46(4)34-57(83)71(94)85(56)74(97)103-43-48-21-25-51(26-22-48)104-105-75(5,6)7/h19-28,35-38,44,49,54,57,65,68,71,91,94H,3-4,10-18,29-34,39-43H2,1-2,5-9H3,(H,78,89)(H,79,90)(H,80,86)(H3,76,77,95)/t49-,54-,57?,65-,68?,71?/m0/s1. The number of nitrogens with two attached hydrogens (primary N) is 1. The fourth-order valence-electron chi connectivity index (χ4n) is 12.7. The number of primary amides is 1. The highest BCUT2D eigenvalue weighted by Crippen LogP contribution is 2.45. The van der Waals surface area contributed by atoms with E-state index in [0.29, 0.717) is 61.8 Å². The molecule has 0 aliphatic carbocycles. The average Bonchev–Trinajstić information content (AvgIpc) is 1.69. The molecule has 11 amide bonds. The summed E-state index contributed by atoms with van der Waals surface area (Å²) in [5, 5.41) is 34.9. The number of urea groups is 1. The lowest BCUT2D eigenvalue weighted by Gasteiger charge is -2.42. The van der Waals surface area contributed by atoms with Crippen LogP contribution >= 0.6 is 21.6 Å². The molecule has 28 nitrogen and oxygen atoms in total. The number of rotatable bonds is 32. The molecule has 0 radical (unpaired) electrons. The quantitative estimate of drug-likeness (QED) is 0.0104. The van der Waals surface area contributed by atoms with Crippen LogP contribution in [-0.4, -0.2) is 180 Å². The topological polar surface area (TPSA) is 357 Å². The minimum absolute atomic E-state index is 0.00546. The number of aliphatic hydroxyl groups is 2. The maximum atomic E-state index is 14.5. The summed E-state index contributed by atoms with van der Waals surface area (Å²) in [6.45, 7) is 18.8. The van der Waals surface area contributed by atoms with E-state index in [2.05, 4.69) is 55.2 Å². The van der Waals surface area contributed by atoms with Crippen LogP contribution in [0.15, 0.2) is 114 Å². The number of imide groups is 1. The number of benzene rings is 4. The molecule has 5 aliphatic rings. The summed E-state index contributed by atoms with van der Waals surface area (Å²) >= 11 is 0. The van der Waals surface area contributed by atoms with Crippen LogP contribution in [0.2, 0.25) is 0 Å². The molecule has 5 aliphatic heterocycles. The highest BCUT2D eigenvalue weighted by Gasteiger charge is 2.47. The van der Waals surface area contributed by atoms with Gasteiger partial charge in [0, 0.05) is 84.7 Å². The van der Waals surface area contributed by atoms with E-state index in [1.807, 2.05) is 24.3 Å². The molecule has 9 rings (SSSR count). The number of hydrogen-bond acceptors (Lipinski definition) is 20. The van der Waals surface area contributed by atoms with E-state index >= 15 is 0 Å². The molecule has 5 heterocycles. The Bertz CT molecular complexity index is 3920. The molecule has 3 unspecified atom stereocenters. The second kappa shape index (κ2) is 36.3. The molecule has 4 aromatic carbocycles. The summed E-state index contributed by atoms with van der Waals surface area (Å²) in [4.78, 5) is 141. The van der Waals surface area contributed by atoms with E-state index in [0.717, 1.165) is 30.7 Å². The van der Waals surface area contributed by atoms with Crippen molar-refractivity contribution in [3.05, 3.63) is 132 Å². The Labute approximate surface area is 618 Å². The van der Waals surface area contributed by atoms with Gasteiger partial charge in [0.1, 0.15) is 31.5 Å². The highest BCUT2D eigenvalue weighted by molar-refractivity contribution is 8.77. The van der Waals surface area contributed by atoms with Crippen LogP contribution in [0, 0.1) is 11.8 Å². The molecular weight excluding hydrogens is 1390 g/mol. The van der Waals surface area contributed by atoms with Gasteiger partial charge in [-0.1, -0.05) is 111 Å². The predicted octanol–water partition coefficient (Wildman–Crippen LogP) is 9.11. The molecule has 0 saturated carbocycles. The third-order valence-corrected chi connectivity index (χ3v) is 21.5. The van der Waals surface area contributed by atoms with Gasteiger partial charge in [0.15, 0.2) is 29.2 Å². The number of amides is 11. The van der Waals surface area contributed by atoms with Crippen molar-refractivity contribution in [1.82, 2.24) is 30.7 Å². The van der Waals surface area contributed by atoms with Crippen LogP contribution in [0.3, 0.4) is 0 Å². The Balaban J connectivity index is 0.820. The maximum absolute atomic E-state index is 14.5. The minimum Gasteiger partial charge on any atom is -0.493 e. The zero-order valence-corrected chi connectivity index (χ0v) is 61.9. The van der Waals surface area contributed by atoms with E-state index in [1.54, 1.807) is 64.6 Å². The Hall–Kier alpha value is -9.78. The fourth-order valence-corrected chi connectivity index (χ4v) is 14.7. The number of aliphatic hydroxyl groups excluding tert-OH is 2. The van der Waals surface area contributed by atoms with Crippen molar-refractivity contribution in [2.75, 3.05) is 75.3 Å². The number of carbonyl (C=O) groups is 10. The molecule has 0 spiro atoms. The third kappa shape index (κ3) is 20.8. The zero-order chi connectivity index (χ0) is 75.8. The first-order chi connectivity index (χ1) is 50.1. The van der Waals surface area contributed by atoms with Crippen molar-refractivity contribution >= 4 is 98.2 Å².